The van der Waals surface area contributed by atoms with Gasteiger partial charge in [0.2, 0.25) is 5.91 Å². The lowest BCUT2D eigenvalue weighted by Gasteiger charge is -2.25. The van der Waals surface area contributed by atoms with E-state index in [-0.39, 0.29) is 13.0 Å². The van der Waals surface area contributed by atoms with Gasteiger partial charge in [-0.15, -0.1) is 0 Å². The molecule has 0 spiro atoms. The number of aliphatic carboxylic acids is 1. The molecule has 2 aromatic carbocycles. The van der Waals surface area contributed by atoms with Crippen LogP contribution < -0.4 is 16.4 Å². The highest BCUT2D eigenvalue weighted by molar-refractivity contribution is 5.90. The van der Waals surface area contributed by atoms with Crippen LogP contribution in [0.5, 0.6) is 0 Å². The van der Waals surface area contributed by atoms with Gasteiger partial charge in [0.15, 0.2) is 0 Å². The second-order valence-electron chi connectivity index (χ2n) is 6.62. The zero-order valence-electron chi connectivity index (χ0n) is 16.1. The Kier molecular flexibility index (Phi) is 8.17. The molecule has 0 saturated heterocycles. The number of benzene rings is 2. The average Bonchev–Trinajstić information content (AvgIpc) is 2.70. The fourth-order valence-electron chi connectivity index (χ4n) is 2.77. The number of rotatable bonds is 9. The Balaban J connectivity index is 2.14. The number of nitrogens with one attached hydrogen (secondary N) is 2. The van der Waals surface area contributed by atoms with Crippen LogP contribution in [0.2, 0.25) is 0 Å². The van der Waals surface area contributed by atoms with Crippen molar-refractivity contribution in [2.75, 3.05) is 0 Å². The van der Waals surface area contributed by atoms with E-state index in [0.717, 1.165) is 11.1 Å². The van der Waals surface area contributed by atoms with E-state index in [1.165, 1.54) is 6.92 Å². The maximum Gasteiger partial charge on any atom is 0.408 e. The number of amides is 2. The first kappa shape index (κ1) is 21.9. The summed E-state index contributed by atoms with van der Waals surface area (Å²) in [7, 11) is 0. The maximum absolute atomic E-state index is 12.6. The van der Waals surface area contributed by atoms with Crippen LogP contribution in [0.1, 0.15) is 18.1 Å². The normalized spacial score (nSPS) is 13.6. The van der Waals surface area contributed by atoms with Crippen LogP contribution in [0, 0.1) is 5.92 Å². The van der Waals surface area contributed by atoms with Gasteiger partial charge in [0.05, 0.1) is 12.1 Å². The minimum atomic E-state index is -1.36. The van der Waals surface area contributed by atoms with Crippen molar-refractivity contribution in [3.8, 4) is 0 Å². The number of nitrogens with two attached hydrogens (primary N) is 1. The summed E-state index contributed by atoms with van der Waals surface area (Å²) in [5.41, 5.74) is 7.08. The molecule has 2 aromatic rings. The van der Waals surface area contributed by atoms with E-state index < -0.39 is 36.1 Å². The zero-order valence-corrected chi connectivity index (χ0v) is 16.1. The predicted molar refractivity (Wildman–Crippen MR) is 107 cm³/mol. The molecule has 0 aliphatic carbocycles. The molecule has 3 atom stereocenters. The molecule has 8 heteroatoms. The first-order valence-electron chi connectivity index (χ1n) is 9.16. The highest BCUT2D eigenvalue weighted by atomic mass is 16.5. The molecule has 8 nitrogen and oxygen atoms in total. The van der Waals surface area contributed by atoms with Gasteiger partial charge in [-0.25, -0.2) is 4.79 Å². The Morgan fingerprint density at radius 2 is 1.52 bits per heavy atom. The van der Waals surface area contributed by atoms with Gasteiger partial charge in [0.25, 0.3) is 0 Å². The van der Waals surface area contributed by atoms with Crippen molar-refractivity contribution in [1.82, 2.24) is 10.6 Å². The summed E-state index contributed by atoms with van der Waals surface area (Å²) < 4.78 is 5.14. The Morgan fingerprint density at radius 3 is 2.03 bits per heavy atom. The number of carboxylic acids is 1. The van der Waals surface area contributed by atoms with Gasteiger partial charge in [-0.3, -0.25) is 9.59 Å². The third kappa shape index (κ3) is 7.27. The largest absolute Gasteiger partial charge is 0.481 e. The van der Waals surface area contributed by atoms with Crippen LogP contribution >= 0.6 is 0 Å². The minimum Gasteiger partial charge on any atom is -0.481 e. The van der Waals surface area contributed by atoms with Crippen LogP contribution in [0.3, 0.4) is 0 Å². The molecule has 0 bridgehead atoms. The maximum atomic E-state index is 12.6. The van der Waals surface area contributed by atoms with Crippen molar-refractivity contribution in [3.05, 3.63) is 71.8 Å². The Morgan fingerprint density at radius 1 is 0.966 bits per heavy atom. The smallest absolute Gasteiger partial charge is 0.408 e. The van der Waals surface area contributed by atoms with Crippen LogP contribution in [0.25, 0.3) is 0 Å². The fraction of sp³-hybridized carbons (Fsp3) is 0.286. The van der Waals surface area contributed by atoms with Gasteiger partial charge in [-0.2, -0.15) is 0 Å². The molecule has 2 rings (SSSR count). The van der Waals surface area contributed by atoms with Crippen molar-refractivity contribution < 1.29 is 24.2 Å². The van der Waals surface area contributed by atoms with E-state index in [1.807, 2.05) is 6.07 Å². The van der Waals surface area contributed by atoms with E-state index in [0.29, 0.717) is 0 Å². The fourth-order valence-corrected chi connectivity index (χ4v) is 2.77. The second kappa shape index (κ2) is 10.8. The van der Waals surface area contributed by atoms with E-state index in [2.05, 4.69) is 10.6 Å². The molecule has 1 unspecified atom stereocenters. The average molecular weight is 399 g/mol. The summed E-state index contributed by atoms with van der Waals surface area (Å²) in [5.74, 6) is -3.12. The number of carboxylic acid groups (broad SMARTS) is 1. The summed E-state index contributed by atoms with van der Waals surface area (Å²) in [5, 5.41) is 14.5. The zero-order chi connectivity index (χ0) is 21.2. The number of ether oxygens (including phenoxy) is 1. The number of hydrogen-bond donors (Lipinski definition) is 4. The number of carbonyl (C=O) groups excluding carboxylic acids is 2. The van der Waals surface area contributed by atoms with Crippen molar-refractivity contribution in [1.29, 1.82) is 0 Å². The van der Waals surface area contributed by atoms with E-state index in [4.69, 9.17) is 10.5 Å². The van der Waals surface area contributed by atoms with E-state index in [1.54, 1.807) is 54.6 Å². The van der Waals surface area contributed by atoms with E-state index in [9.17, 15) is 19.5 Å². The van der Waals surface area contributed by atoms with Gasteiger partial charge in [0.1, 0.15) is 12.6 Å². The van der Waals surface area contributed by atoms with Gasteiger partial charge in [0, 0.05) is 0 Å². The first-order chi connectivity index (χ1) is 13.9. The molecule has 0 aliphatic rings. The third-order valence-electron chi connectivity index (χ3n) is 4.16. The minimum absolute atomic E-state index is 0.00920. The monoisotopic (exact) mass is 399 g/mol. The first-order valence-corrected chi connectivity index (χ1v) is 9.16. The third-order valence-corrected chi connectivity index (χ3v) is 4.16. The molecule has 0 saturated carbocycles. The van der Waals surface area contributed by atoms with Crippen LogP contribution in [-0.4, -0.2) is 35.3 Å². The van der Waals surface area contributed by atoms with Crippen LogP contribution in [0.15, 0.2) is 60.7 Å². The number of alkyl carbamates (subject to hydrolysis) is 1. The van der Waals surface area contributed by atoms with Crippen LogP contribution in [-0.2, 0) is 27.4 Å². The summed E-state index contributed by atoms with van der Waals surface area (Å²) in [6.45, 7) is 1.53. The molecule has 0 fully saturated rings. The molecule has 0 radical (unpaired) electrons. The summed E-state index contributed by atoms with van der Waals surface area (Å²) in [6, 6.07) is 16.5. The Labute approximate surface area is 169 Å². The van der Waals surface area contributed by atoms with Crippen molar-refractivity contribution in [2.45, 2.75) is 32.2 Å². The molecule has 5 N–H and O–H groups in total. The molecule has 2 amide bonds. The lowest BCUT2D eigenvalue weighted by Crippen LogP contribution is -2.56. The van der Waals surface area contributed by atoms with Crippen molar-refractivity contribution in [2.24, 2.45) is 11.7 Å². The molecular formula is C21H25N3O5. The molecule has 0 aliphatic heterocycles. The SMILES string of the molecule is C[C@@H](N)NC(=O)[C@@H](NC(=O)OCc1ccccc1)C(Cc1ccccc1)C(=O)O. The van der Waals surface area contributed by atoms with Gasteiger partial charge >= 0.3 is 12.1 Å². The quantitative estimate of drug-likeness (QED) is 0.474. The Hall–Kier alpha value is -3.39. The van der Waals surface area contributed by atoms with Gasteiger partial charge < -0.3 is 26.2 Å². The van der Waals surface area contributed by atoms with Gasteiger partial charge in [-0.1, -0.05) is 60.7 Å². The lowest BCUT2D eigenvalue weighted by molar-refractivity contribution is -0.145. The molecule has 29 heavy (non-hydrogen) atoms. The lowest BCUT2D eigenvalue weighted by atomic mass is 9.91. The summed E-state index contributed by atoms with van der Waals surface area (Å²) in [6.07, 6.45) is -1.55. The predicted octanol–water partition coefficient (Wildman–Crippen LogP) is 1.65. The molecular weight excluding hydrogens is 374 g/mol. The van der Waals surface area contributed by atoms with Crippen LogP contribution in [0.4, 0.5) is 4.79 Å². The van der Waals surface area contributed by atoms with E-state index >= 15 is 0 Å². The Bertz CT molecular complexity index is 812. The number of carbonyl (C=O) groups is 3. The van der Waals surface area contributed by atoms with Crippen molar-refractivity contribution >= 4 is 18.0 Å². The second-order valence-corrected chi connectivity index (χ2v) is 6.62. The topological polar surface area (TPSA) is 131 Å². The number of hydrogen-bond acceptors (Lipinski definition) is 5. The highest BCUT2D eigenvalue weighted by Gasteiger charge is 2.36. The van der Waals surface area contributed by atoms with Crippen molar-refractivity contribution in [3.63, 3.8) is 0 Å². The standard InChI is InChI=1S/C21H25N3O5/c1-14(22)23-19(25)18(17(20(26)27)12-15-8-4-2-5-9-15)24-21(28)29-13-16-10-6-3-7-11-16/h2-11,14,17-18H,12-13,22H2,1H3,(H,23,25)(H,24,28)(H,26,27)/t14-,17?,18-/m0/s1. The summed E-state index contributed by atoms with van der Waals surface area (Å²) >= 11 is 0. The molecule has 0 heterocycles. The molecule has 0 aromatic heterocycles. The van der Waals surface area contributed by atoms with Gasteiger partial charge in [-0.05, 0) is 24.5 Å². The highest BCUT2D eigenvalue weighted by Crippen LogP contribution is 2.15. The molecule has 154 valence electrons. The summed E-state index contributed by atoms with van der Waals surface area (Å²) in [4.78, 5) is 36.7.